The van der Waals surface area contributed by atoms with Gasteiger partial charge in [0.2, 0.25) is 0 Å². The van der Waals surface area contributed by atoms with E-state index >= 15 is 0 Å². The van der Waals surface area contributed by atoms with Crippen LogP contribution in [0.5, 0.6) is 0 Å². The highest BCUT2D eigenvalue weighted by molar-refractivity contribution is 5.80. The maximum Gasteiger partial charge on any atom is 0.0944 e. The van der Waals surface area contributed by atoms with Crippen LogP contribution in [0.4, 0.5) is 0 Å². The number of nitrogens with zero attached hydrogens (tertiary/aromatic N) is 1. The number of nitrogens with one attached hydrogen (secondary N) is 1. The molecule has 2 aromatic carbocycles. The molecule has 0 spiro atoms. The molecule has 2 atom stereocenters. The number of aliphatic imine (C=N–C) groups is 1. The summed E-state index contributed by atoms with van der Waals surface area (Å²) in [6, 6.07) is 18.4. The van der Waals surface area contributed by atoms with Gasteiger partial charge in [-0.2, -0.15) is 0 Å². The number of aryl methyl sites for hydroxylation is 2. The molecule has 0 fully saturated rings. The van der Waals surface area contributed by atoms with Gasteiger partial charge in [-0.1, -0.05) is 48.5 Å². The van der Waals surface area contributed by atoms with Gasteiger partial charge >= 0.3 is 0 Å². The Kier molecular flexibility index (Phi) is 4.38. The maximum absolute atomic E-state index is 5.05. The largest absolute Gasteiger partial charge is 0.367 e. The van der Waals surface area contributed by atoms with Crippen LogP contribution < -0.4 is 5.32 Å². The van der Waals surface area contributed by atoms with Crippen molar-refractivity contribution in [3.05, 3.63) is 70.8 Å². The van der Waals surface area contributed by atoms with Crippen LogP contribution in [-0.2, 0) is 12.8 Å². The topological polar surface area (TPSA) is 24.4 Å². The number of hydrogen-bond acceptors (Lipinski definition) is 1. The van der Waals surface area contributed by atoms with Crippen LogP contribution in [0.15, 0.2) is 53.5 Å². The fourth-order valence-corrected chi connectivity index (χ4v) is 4.29. The lowest BCUT2D eigenvalue weighted by Gasteiger charge is -2.28. The van der Waals surface area contributed by atoms with Gasteiger partial charge in [0.25, 0.3) is 0 Å². The highest BCUT2D eigenvalue weighted by Gasteiger charge is 2.22. The van der Waals surface area contributed by atoms with Crippen molar-refractivity contribution >= 4 is 5.84 Å². The lowest BCUT2D eigenvalue weighted by Crippen LogP contribution is -2.29. The second-order valence-corrected chi connectivity index (χ2v) is 7.11. The van der Waals surface area contributed by atoms with Gasteiger partial charge in [-0.25, -0.2) is 0 Å². The number of amidine groups is 1. The Balaban J connectivity index is 1.53. The minimum atomic E-state index is 0.321. The summed E-state index contributed by atoms with van der Waals surface area (Å²) >= 11 is 0. The van der Waals surface area contributed by atoms with Crippen LogP contribution in [0, 0.1) is 0 Å². The molecule has 2 aliphatic carbocycles. The smallest absolute Gasteiger partial charge is 0.0944 e. The first kappa shape index (κ1) is 15.4. The van der Waals surface area contributed by atoms with E-state index < -0.39 is 0 Å². The van der Waals surface area contributed by atoms with Crippen molar-refractivity contribution in [1.29, 1.82) is 0 Å². The van der Waals surface area contributed by atoms with E-state index in [1.165, 1.54) is 54.4 Å². The third kappa shape index (κ3) is 3.10. The third-order valence-corrected chi connectivity index (χ3v) is 5.44. The van der Waals surface area contributed by atoms with Gasteiger partial charge in [0.1, 0.15) is 0 Å². The van der Waals surface area contributed by atoms with E-state index in [2.05, 4.69) is 60.8 Å². The zero-order chi connectivity index (χ0) is 16.4. The lowest BCUT2D eigenvalue weighted by molar-refractivity contribution is 0.519. The van der Waals surface area contributed by atoms with Crippen molar-refractivity contribution in [3.8, 4) is 0 Å². The van der Waals surface area contributed by atoms with Crippen LogP contribution >= 0.6 is 0 Å². The second kappa shape index (κ2) is 6.80. The minimum absolute atomic E-state index is 0.321. The quantitative estimate of drug-likeness (QED) is 0.601. The van der Waals surface area contributed by atoms with Gasteiger partial charge in [-0.15, -0.1) is 0 Å². The standard InChI is InChI=1S/C22H26N2/c1-16(23-21-14-6-10-17-8-2-4-12-19(17)21)24-22-15-7-11-18-9-3-5-13-20(18)22/h2-5,8-9,12-13,21-22H,6-7,10-11,14-15H2,1H3,(H,23,24). The Morgan fingerprint density at radius 3 is 2.29 bits per heavy atom. The molecule has 2 aromatic rings. The van der Waals surface area contributed by atoms with Crippen LogP contribution in [0.1, 0.15) is 66.9 Å². The first-order valence-electron chi connectivity index (χ1n) is 9.28. The van der Waals surface area contributed by atoms with Crippen molar-refractivity contribution in [2.75, 3.05) is 0 Å². The van der Waals surface area contributed by atoms with Crippen LogP contribution in [0.2, 0.25) is 0 Å². The second-order valence-electron chi connectivity index (χ2n) is 7.11. The molecule has 124 valence electrons. The first-order valence-corrected chi connectivity index (χ1v) is 9.28. The molecular weight excluding hydrogens is 292 g/mol. The molecule has 24 heavy (non-hydrogen) atoms. The summed E-state index contributed by atoms with van der Waals surface area (Å²) < 4.78 is 0. The summed E-state index contributed by atoms with van der Waals surface area (Å²) in [5.41, 5.74) is 5.86. The van der Waals surface area contributed by atoms with E-state index in [0.29, 0.717) is 12.1 Å². The predicted molar refractivity (Wildman–Crippen MR) is 100 cm³/mol. The first-order chi connectivity index (χ1) is 11.8. The number of benzene rings is 2. The number of rotatable bonds is 2. The molecule has 1 N–H and O–H groups in total. The number of hydrogen-bond donors (Lipinski definition) is 1. The normalized spacial score (nSPS) is 23.3. The Hall–Kier alpha value is -2.09. The average Bonchev–Trinajstić information content (AvgIpc) is 2.62. The van der Waals surface area contributed by atoms with Gasteiger partial charge in [-0.3, -0.25) is 4.99 Å². The van der Waals surface area contributed by atoms with Crippen LogP contribution in [-0.4, -0.2) is 5.84 Å². The number of fused-ring (bicyclic) bond motifs is 2. The van der Waals surface area contributed by atoms with Crippen molar-refractivity contribution in [2.24, 2.45) is 4.99 Å². The molecule has 2 nitrogen and oxygen atoms in total. The highest BCUT2D eigenvalue weighted by Crippen LogP contribution is 2.33. The summed E-state index contributed by atoms with van der Waals surface area (Å²) in [6.45, 7) is 2.13. The maximum atomic E-state index is 5.05. The molecule has 0 bridgehead atoms. The highest BCUT2D eigenvalue weighted by atomic mass is 15.0. The fourth-order valence-electron chi connectivity index (χ4n) is 4.29. The molecule has 0 aromatic heterocycles. The molecule has 0 saturated heterocycles. The monoisotopic (exact) mass is 318 g/mol. The predicted octanol–water partition coefficient (Wildman–Crippen LogP) is 5.15. The van der Waals surface area contributed by atoms with Crippen molar-refractivity contribution in [1.82, 2.24) is 5.32 Å². The van der Waals surface area contributed by atoms with Crippen LogP contribution in [0.3, 0.4) is 0 Å². The minimum Gasteiger partial charge on any atom is -0.367 e. The molecule has 2 aliphatic rings. The molecule has 2 heteroatoms. The van der Waals surface area contributed by atoms with E-state index in [9.17, 15) is 0 Å². The Morgan fingerprint density at radius 2 is 1.50 bits per heavy atom. The molecular formula is C22H26N2. The van der Waals surface area contributed by atoms with E-state index in [1.54, 1.807) is 0 Å². The van der Waals surface area contributed by atoms with Crippen molar-refractivity contribution in [2.45, 2.75) is 57.5 Å². The molecule has 0 heterocycles. The Bertz CT molecular complexity index is 747. The Morgan fingerprint density at radius 1 is 0.875 bits per heavy atom. The van der Waals surface area contributed by atoms with Gasteiger partial charge in [-0.05, 0) is 67.7 Å². The van der Waals surface area contributed by atoms with Gasteiger partial charge in [0.15, 0.2) is 0 Å². The summed E-state index contributed by atoms with van der Waals surface area (Å²) in [7, 11) is 0. The Labute approximate surface area is 145 Å². The van der Waals surface area contributed by atoms with Gasteiger partial charge in [0, 0.05) is 0 Å². The summed E-state index contributed by atoms with van der Waals surface area (Å²) in [5.74, 6) is 1.08. The fraction of sp³-hybridized carbons (Fsp3) is 0.409. The molecule has 0 amide bonds. The third-order valence-electron chi connectivity index (χ3n) is 5.44. The van der Waals surface area contributed by atoms with E-state index in [4.69, 9.17) is 4.99 Å². The van der Waals surface area contributed by atoms with Gasteiger partial charge < -0.3 is 5.32 Å². The van der Waals surface area contributed by atoms with E-state index in [-0.39, 0.29) is 0 Å². The molecule has 0 aliphatic heterocycles. The summed E-state index contributed by atoms with van der Waals surface area (Å²) in [6.07, 6.45) is 7.27. The SMILES string of the molecule is CC(=NC1CCCc2ccccc21)NC1CCCc2ccccc21. The molecule has 2 unspecified atom stereocenters. The zero-order valence-electron chi connectivity index (χ0n) is 14.5. The van der Waals surface area contributed by atoms with E-state index in [0.717, 1.165) is 12.3 Å². The lowest BCUT2D eigenvalue weighted by atomic mass is 9.87. The molecule has 4 rings (SSSR count). The van der Waals surface area contributed by atoms with Crippen molar-refractivity contribution in [3.63, 3.8) is 0 Å². The van der Waals surface area contributed by atoms with Crippen LogP contribution in [0.25, 0.3) is 0 Å². The average molecular weight is 318 g/mol. The zero-order valence-corrected chi connectivity index (χ0v) is 14.5. The summed E-state index contributed by atoms with van der Waals surface area (Å²) in [4.78, 5) is 5.05. The molecule has 0 radical (unpaired) electrons. The molecule has 0 saturated carbocycles. The van der Waals surface area contributed by atoms with Crippen molar-refractivity contribution < 1.29 is 0 Å². The van der Waals surface area contributed by atoms with Gasteiger partial charge in [0.05, 0.1) is 17.9 Å². The summed E-state index contributed by atoms with van der Waals surface area (Å²) in [5, 5.41) is 3.70. The van der Waals surface area contributed by atoms with E-state index in [1.807, 2.05) is 0 Å².